The van der Waals surface area contributed by atoms with Crippen LogP contribution in [0.1, 0.15) is 40.9 Å². The van der Waals surface area contributed by atoms with E-state index in [1.165, 1.54) is 27.9 Å². The average Bonchev–Trinajstić information content (AvgIpc) is 3.73. The molecule has 0 unspecified atom stereocenters. The van der Waals surface area contributed by atoms with Gasteiger partial charge in [0, 0.05) is 51.9 Å². The molecule has 0 saturated carbocycles. The summed E-state index contributed by atoms with van der Waals surface area (Å²) in [5, 5.41) is 8.04. The average molecular weight is 659 g/mol. The predicted molar refractivity (Wildman–Crippen MR) is 157 cm³/mol. The minimum absolute atomic E-state index is 0.0287. The molecule has 0 bridgehead atoms. The lowest BCUT2D eigenvalue weighted by Gasteiger charge is -2.46. The van der Waals surface area contributed by atoms with Gasteiger partial charge in [0.1, 0.15) is 35.6 Å². The van der Waals surface area contributed by atoms with E-state index >= 15 is 0 Å². The fourth-order valence-corrected chi connectivity index (χ4v) is 6.93. The Kier molecular flexibility index (Phi) is 8.61. The number of carbonyl (C=O) groups is 2. The van der Waals surface area contributed by atoms with Crippen molar-refractivity contribution in [1.82, 2.24) is 29.7 Å². The number of rotatable bonds is 5. The van der Waals surface area contributed by atoms with Gasteiger partial charge in [-0.3, -0.25) is 14.5 Å². The summed E-state index contributed by atoms with van der Waals surface area (Å²) in [5.74, 6) is -1.46. The molecule has 0 N–H and O–H groups in total. The molecule has 0 radical (unpaired) electrons. The van der Waals surface area contributed by atoms with Gasteiger partial charge >= 0.3 is 6.18 Å². The van der Waals surface area contributed by atoms with Crippen molar-refractivity contribution in [3.05, 3.63) is 71.3 Å². The summed E-state index contributed by atoms with van der Waals surface area (Å²) in [5.41, 5.74) is -0.623. The Morgan fingerprint density at radius 3 is 2.57 bits per heavy atom. The predicted octanol–water partition coefficient (Wildman–Crippen LogP) is 3.31. The smallest absolute Gasteiger partial charge is 0.416 e. The fourth-order valence-electron chi connectivity index (χ4n) is 6.93. The van der Waals surface area contributed by atoms with Crippen molar-refractivity contribution in [1.29, 1.82) is 0 Å². The van der Waals surface area contributed by atoms with Crippen molar-refractivity contribution in [2.75, 3.05) is 46.0 Å². The Morgan fingerprint density at radius 1 is 0.979 bits per heavy atom. The standard InChI is InChI=1S/C32H34F4N6O5/c33-26-3-1-2-4-27(26)42-15-21(37-38-42)18-46-24-14-28-31(44)40-10-9-39(22-7-11-45-12-8-22)16-23(40)19-47-29-6-5-20(32(34,35)36)13-25(29)30(43)41(28)17-24/h1-6,13,15,22-24,28H,7-12,14,16-19H2/t23-,24+,28-/m0/s1. The van der Waals surface area contributed by atoms with Crippen LogP contribution in [0.4, 0.5) is 17.6 Å². The second kappa shape index (κ2) is 12.8. The normalized spacial score (nSPS) is 24.5. The number of hydrogen-bond donors (Lipinski definition) is 0. The Balaban J connectivity index is 1.14. The highest BCUT2D eigenvalue weighted by molar-refractivity contribution is 6.00. The minimum atomic E-state index is -4.68. The number of aromatic nitrogens is 3. The molecule has 3 saturated heterocycles. The third-order valence-electron chi connectivity index (χ3n) is 9.39. The van der Waals surface area contributed by atoms with Crippen LogP contribution in [-0.4, -0.2) is 112 Å². The van der Waals surface area contributed by atoms with Gasteiger partial charge in [0.05, 0.1) is 36.1 Å². The summed E-state index contributed by atoms with van der Waals surface area (Å²) < 4.78 is 74.4. The van der Waals surface area contributed by atoms with Crippen molar-refractivity contribution in [3.63, 3.8) is 0 Å². The molecule has 2 amide bonds. The van der Waals surface area contributed by atoms with E-state index in [1.807, 2.05) is 0 Å². The molecule has 7 rings (SSSR count). The number of halogens is 4. The Bertz CT molecular complexity index is 1630. The van der Waals surface area contributed by atoms with Crippen LogP contribution in [0.3, 0.4) is 0 Å². The van der Waals surface area contributed by atoms with Gasteiger partial charge in [-0.1, -0.05) is 17.3 Å². The molecule has 0 spiro atoms. The SMILES string of the molecule is O=C1[C@@H]2C[C@@H](OCc3cn(-c4ccccc4F)nn3)CN2C(=O)c2cc(C(F)(F)F)ccc2OC[C@@H]2CN(C3CCOCC3)CCN12. The molecule has 5 heterocycles. The molecule has 0 aliphatic carbocycles. The molecule has 2 aromatic carbocycles. The summed E-state index contributed by atoms with van der Waals surface area (Å²) in [6, 6.07) is 7.96. The van der Waals surface area contributed by atoms with E-state index in [0.717, 1.165) is 25.0 Å². The second-order valence-corrected chi connectivity index (χ2v) is 12.3. The maximum absolute atomic E-state index is 14.2. The quantitative estimate of drug-likeness (QED) is 0.385. The van der Waals surface area contributed by atoms with Gasteiger partial charge in [0.25, 0.3) is 5.91 Å². The molecular formula is C32H34F4N6O5. The first-order valence-corrected chi connectivity index (χ1v) is 15.7. The molecule has 250 valence electrons. The van der Waals surface area contributed by atoms with E-state index in [-0.39, 0.29) is 55.1 Å². The van der Waals surface area contributed by atoms with Crippen LogP contribution in [0.25, 0.3) is 5.69 Å². The van der Waals surface area contributed by atoms with Gasteiger partial charge in [0.2, 0.25) is 5.91 Å². The molecule has 1 aromatic heterocycles. The highest BCUT2D eigenvalue weighted by Gasteiger charge is 2.46. The number of nitrogens with zero attached hydrogens (tertiary/aromatic N) is 6. The number of fused-ring (bicyclic) bond motifs is 3. The van der Waals surface area contributed by atoms with E-state index in [1.54, 1.807) is 23.1 Å². The lowest BCUT2D eigenvalue weighted by Crippen LogP contribution is -2.62. The monoisotopic (exact) mass is 658 g/mol. The molecule has 3 atom stereocenters. The van der Waals surface area contributed by atoms with Crippen LogP contribution in [0.15, 0.2) is 48.7 Å². The summed E-state index contributed by atoms with van der Waals surface area (Å²) >= 11 is 0. The largest absolute Gasteiger partial charge is 0.491 e. The van der Waals surface area contributed by atoms with Crippen LogP contribution < -0.4 is 4.74 Å². The van der Waals surface area contributed by atoms with Gasteiger partial charge in [-0.25, -0.2) is 9.07 Å². The van der Waals surface area contributed by atoms with Gasteiger partial charge in [-0.2, -0.15) is 13.2 Å². The topological polar surface area (TPSA) is 102 Å². The summed E-state index contributed by atoms with van der Waals surface area (Å²) in [4.78, 5) is 33.5. The van der Waals surface area contributed by atoms with E-state index < -0.39 is 35.6 Å². The number of piperazine rings is 1. The maximum Gasteiger partial charge on any atom is 0.416 e. The molecule has 3 aromatic rings. The van der Waals surface area contributed by atoms with E-state index in [4.69, 9.17) is 14.2 Å². The molecule has 47 heavy (non-hydrogen) atoms. The molecule has 11 nitrogen and oxygen atoms in total. The van der Waals surface area contributed by atoms with Crippen molar-refractivity contribution >= 4 is 11.8 Å². The van der Waals surface area contributed by atoms with Crippen LogP contribution in [-0.2, 0) is 27.1 Å². The van der Waals surface area contributed by atoms with Crippen LogP contribution in [0, 0.1) is 5.82 Å². The zero-order chi connectivity index (χ0) is 32.7. The number of carbonyl (C=O) groups excluding carboxylic acids is 2. The van der Waals surface area contributed by atoms with Crippen molar-refractivity contribution in [2.45, 2.75) is 56.3 Å². The van der Waals surface area contributed by atoms with Gasteiger partial charge in [-0.15, -0.1) is 5.10 Å². The lowest BCUT2D eigenvalue weighted by molar-refractivity contribution is -0.143. The number of ether oxygens (including phenoxy) is 3. The first-order valence-electron chi connectivity index (χ1n) is 15.7. The van der Waals surface area contributed by atoms with Crippen LogP contribution in [0.5, 0.6) is 5.75 Å². The number of alkyl halides is 3. The number of benzene rings is 2. The van der Waals surface area contributed by atoms with E-state index in [2.05, 4.69) is 15.2 Å². The third kappa shape index (κ3) is 6.43. The second-order valence-electron chi connectivity index (χ2n) is 12.3. The Morgan fingerprint density at radius 2 is 1.79 bits per heavy atom. The van der Waals surface area contributed by atoms with E-state index in [9.17, 15) is 27.2 Å². The van der Waals surface area contributed by atoms with Gasteiger partial charge in [0.15, 0.2) is 0 Å². The number of hydrogen-bond acceptors (Lipinski definition) is 8. The minimum Gasteiger partial charge on any atom is -0.491 e. The molecule has 4 aliphatic heterocycles. The van der Waals surface area contributed by atoms with Crippen LogP contribution in [0.2, 0.25) is 0 Å². The Labute approximate surface area is 267 Å². The first kappa shape index (κ1) is 31.5. The zero-order valence-corrected chi connectivity index (χ0v) is 25.4. The van der Waals surface area contributed by atoms with Crippen molar-refractivity contribution in [3.8, 4) is 11.4 Å². The van der Waals surface area contributed by atoms with Crippen molar-refractivity contribution < 1.29 is 41.4 Å². The zero-order valence-electron chi connectivity index (χ0n) is 25.4. The Hall–Kier alpha value is -4.08. The molecular weight excluding hydrogens is 624 g/mol. The van der Waals surface area contributed by atoms with E-state index in [0.29, 0.717) is 44.6 Å². The highest BCUT2D eigenvalue weighted by atomic mass is 19.4. The molecule has 4 aliphatic rings. The lowest BCUT2D eigenvalue weighted by atomic mass is 10.0. The summed E-state index contributed by atoms with van der Waals surface area (Å²) in [7, 11) is 0. The maximum atomic E-state index is 14.2. The highest BCUT2D eigenvalue weighted by Crippen LogP contribution is 2.36. The third-order valence-corrected chi connectivity index (χ3v) is 9.39. The van der Waals surface area contributed by atoms with Gasteiger partial charge in [-0.05, 0) is 43.2 Å². The molecule has 15 heteroatoms. The first-order chi connectivity index (χ1) is 22.7. The summed E-state index contributed by atoms with van der Waals surface area (Å²) in [6.07, 6.45) is -1.87. The number of amides is 2. The number of para-hydroxylation sites is 1. The molecule has 3 fully saturated rings. The fraction of sp³-hybridized carbons (Fsp3) is 0.500. The van der Waals surface area contributed by atoms with Crippen LogP contribution >= 0.6 is 0 Å². The van der Waals surface area contributed by atoms with Crippen molar-refractivity contribution in [2.24, 2.45) is 0 Å². The van der Waals surface area contributed by atoms with Gasteiger partial charge < -0.3 is 24.0 Å². The summed E-state index contributed by atoms with van der Waals surface area (Å²) in [6.45, 7) is 2.90.